The van der Waals surface area contributed by atoms with Crippen LogP contribution in [0.15, 0.2) is 0 Å². The quantitative estimate of drug-likeness (QED) is 0.212. The van der Waals surface area contributed by atoms with Gasteiger partial charge in [0, 0.05) is 0 Å². The van der Waals surface area contributed by atoms with E-state index in [0.717, 1.165) is 25.7 Å². The average Bonchev–Trinajstić information content (AvgIpc) is 2.55. The zero-order valence-electron chi connectivity index (χ0n) is 15.7. The van der Waals surface area contributed by atoms with Crippen LogP contribution in [0, 0.1) is 0 Å². The number of hydrogen-bond acceptors (Lipinski definition) is 3. The minimum absolute atomic E-state index is 0.492. The molecule has 0 radical (unpaired) electrons. The Labute approximate surface area is 144 Å². The molecule has 0 heterocycles. The molecule has 0 spiro atoms. The van der Waals surface area contributed by atoms with E-state index in [9.17, 15) is 4.79 Å². The van der Waals surface area contributed by atoms with E-state index in [1.165, 1.54) is 70.6 Å². The number of carbonyl (C=O) groups is 1. The van der Waals surface area contributed by atoms with Crippen LogP contribution in [0.5, 0.6) is 0 Å². The first-order valence-electron chi connectivity index (χ1n) is 10.1. The van der Waals surface area contributed by atoms with Gasteiger partial charge >= 0.3 is 6.16 Å². The lowest BCUT2D eigenvalue weighted by molar-refractivity contribution is 0.0529. The lowest BCUT2D eigenvalue weighted by Crippen LogP contribution is -2.09. The molecule has 0 saturated carbocycles. The molecule has 0 aliphatic heterocycles. The standard InChI is InChI=1S/C20H40O3/c1-3-5-7-9-10-11-12-13-14-15-17-19-23-20(21)22-18-16-8-6-4-2/h3-19H2,1-2H3. The highest BCUT2D eigenvalue weighted by molar-refractivity contribution is 5.59. The van der Waals surface area contributed by atoms with Gasteiger partial charge in [0.15, 0.2) is 0 Å². The van der Waals surface area contributed by atoms with Gasteiger partial charge in [0.25, 0.3) is 0 Å². The van der Waals surface area contributed by atoms with Gasteiger partial charge in [-0.25, -0.2) is 4.79 Å². The van der Waals surface area contributed by atoms with E-state index in [1.54, 1.807) is 0 Å². The number of unbranched alkanes of at least 4 members (excludes halogenated alkanes) is 13. The Bertz CT molecular complexity index is 241. The third-order valence-corrected chi connectivity index (χ3v) is 4.19. The average molecular weight is 329 g/mol. The molecule has 23 heavy (non-hydrogen) atoms. The van der Waals surface area contributed by atoms with Crippen LogP contribution >= 0.6 is 0 Å². The maximum absolute atomic E-state index is 11.3. The fraction of sp³-hybridized carbons (Fsp3) is 0.950. The number of hydrogen-bond donors (Lipinski definition) is 0. The van der Waals surface area contributed by atoms with Crippen molar-refractivity contribution in [3.8, 4) is 0 Å². The number of carbonyl (C=O) groups excluding carboxylic acids is 1. The first kappa shape index (κ1) is 22.3. The lowest BCUT2D eigenvalue weighted by Gasteiger charge is -2.06. The minimum Gasteiger partial charge on any atom is -0.434 e. The summed E-state index contributed by atoms with van der Waals surface area (Å²) in [5, 5.41) is 0. The molecule has 0 aromatic heterocycles. The summed E-state index contributed by atoms with van der Waals surface area (Å²) in [6.07, 6.45) is 18.3. The molecule has 0 rings (SSSR count). The molecule has 3 nitrogen and oxygen atoms in total. The summed E-state index contributed by atoms with van der Waals surface area (Å²) >= 11 is 0. The molecule has 0 saturated heterocycles. The molecule has 0 amide bonds. The van der Waals surface area contributed by atoms with Crippen LogP contribution in [0.4, 0.5) is 4.79 Å². The van der Waals surface area contributed by atoms with Gasteiger partial charge in [0.2, 0.25) is 0 Å². The minimum atomic E-state index is -0.492. The second-order valence-electron chi connectivity index (χ2n) is 6.54. The molecule has 0 N–H and O–H groups in total. The van der Waals surface area contributed by atoms with E-state index in [1.807, 2.05) is 0 Å². The second kappa shape index (κ2) is 19.3. The van der Waals surface area contributed by atoms with Crippen LogP contribution in [0.25, 0.3) is 0 Å². The van der Waals surface area contributed by atoms with Gasteiger partial charge in [-0.1, -0.05) is 97.3 Å². The largest absolute Gasteiger partial charge is 0.508 e. The van der Waals surface area contributed by atoms with Crippen LogP contribution in [-0.2, 0) is 9.47 Å². The zero-order chi connectivity index (χ0) is 17.0. The van der Waals surface area contributed by atoms with Crippen molar-refractivity contribution in [2.75, 3.05) is 13.2 Å². The Morgan fingerprint density at radius 3 is 1.22 bits per heavy atom. The van der Waals surface area contributed by atoms with Crippen LogP contribution in [0.2, 0.25) is 0 Å². The molecule has 0 fully saturated rings. The van der Waals surface area contributed by atoms with Crippen molar-refractivity contribution in [3.63, 3.8) is 0 Å². The van der Waals surface area contributed by atoms with Crippen molar-refractivity contribution in [1.82, 2.24) is 0 Å². The summed E-state index contributed by atoms with van der Waals surface area (Å²) in [4.78, 5) is 11.3. The molecule has 0 atom stereocenters. The smallest absolute Gasteiger partial charge is 0.434 e. The Morgan fingerprint density at radius 2 is 0.826 bits per heavy atom. The molecule has 3 heteroatoms. The van der Waals surface area contributed by atoms with Crippen molar-refractivity contribution in [2.45, 2.75) is 110 Å². The topological polar surface area (TPSA) is 35.5 Å². The highest BCUT2D eigenvalue weighted by atomic mass is 16.7. The van der Waals surface area contributed by atoms with Crippen molar-refractivity contribution in [1.29, 1.82) is 0 Å². The molecule has 0 aliphatic carbocycles. The lowest BCUT2D eigenvalue weighted by atomic mass is 10.1. The number of rotatable bonds is 17. The first-order valence-corrected chi connectivity index (χ1v) is 10.1. The Hall–Kier alpha value is -0.730. The van der Waals surface area contributed by atoms with E-state index in [0.29, 0.717) is 13.2 Å². The van der Waals surface area contributed by atoms with E-state index < -0.39 is 6.16 Å². The third kappa shape index (κ3) is 19.2. The molecule has 0 aliphatic rings. The van der Waals surface area contributed by atoms with Crippen molar-refractivity contribution in [3.05, 3.63) is 0 Å². The molecular formula is C20H40O3. The SMILES string of the molecule is CCCCCCCCCCCCCOC(=O)OCCCCCC. The van der Waals surface area contributed by atoms with Gasteiger partial charge in [0.1, 0.15) is 0 Å². The zero-order valence-corrected chi connectivity index (χ0v) is 15.7. The van der Waals surface area contributed by atoms with Gasteiger partial charge in [-0.05, 0) is 12.8 Å². The predicted octanol–water partition coefficient (Wildman–Crippen LogP) is 7.03. The summed E-state index contributed by atoms with van der Waals surface area (Å²) in [5.74, 6) is 0. The van der Waals surface area contributed by atoms with Crippen molar-refractivity contribution in [2.24, 2.45) is 0 Å². The third-order valence-electron chi connectivity index (χ3n) is 4.19. The first-order chi connectivity index (χ1) is 11.3. The summed E-state index contributed by atoms with van der Waals surface area (Å²) in [6, 6.07) is 0. The Morgan fingerprint density at radius 1 is 0.522 bits per heavy atom. The molecule has 138 valence electrons. The summed E-state index contributed by atoms with van der Waals surface area (Å²) in [6.45, 7) is 5.43. The van der Waals surface area contributed by atoms with E-state index in [2.05, 4.69) is 13.8 Å². The van der Waals surface area contributed by atoms with Crippen LogP contribution in [0.3, 0.4) is 0 Å². The molecular weight excluding hydrogens is 288 g/mol. The van der Waals surface area contributed by atoms with E-state index >= 15 is 0 Å². The fourth-order valence-corrected chi connectivity index (χ4v) is 2.65. The summed E-state index contributed by atoms with van der Waals surface area (Å²) < 4.78 is 10.1. The normalized spacial score (nSPS) is 10.7. The monoisotopic (exact) mass is 328 g/mol. The van der Waals surface area contributed by atoms with Gasteiger partial charge in [-0.15, -0.1) is 0 Å². The maximum atomic E-state index is 11.3. The Balaban J connectivity index is 3.10. The van der Waals surface area contributed by atoms with E-state index in [-0.39, 0.29) is 0 Å². The van der Waals surface area contributed by atoms with Crippen molar-refractivity contribution < 1.29 is 14.3 Å². The Kier molecular flexibility index (Phi) is 18.7. The predicted molar refractivity (Wildman–Crippen MR) is 97.9 cm³/mol. The van der Waals surface area contributed by atoms with Gasteiger partial charge in [0.05, 0.1) is 13.2 Å². The van der Waals surface area contributed by atoms with Crippen LogP contribution in [-0.4, -0.2) is 19.4 Å². The molecule has 0 bridgehead atoms. The fourth-order valence-electron chi connectivity index (χ4n) is 2.65. The highest BCUT2D eigenvalue weighted by Gasteiger charge is 2.02. The van der Waals surface area contributed by atoms with Gasteiger partial charge < -0.3 is 9.47 Å². The summed E-state index contributed by atoms with van der Waals surface area (Å²) in [7, 11) is 0. The van der Waals surface area contributed by atoms with Crippen molar-refractivity contribution >= 4 is 6.16 Å². The summed E-state index contributed by atoms with van der Waals surface area (Å²) in [5.41, 5.74) is 0. The second-order valence-corrected chi connectivity index (χ2v) is 6.54. The van der Waals surface area contributed by atoms with Gasteiger partial charge in [-0.3, -0.25) is 0 Å². The van der Waals surface area contributed by atoms with Gasteiger partial charge in [-0.2, -0.15) is 0 Å². The molecule has 0 aromatic carbocycles. The van der Waals surface area contributed by atoms with E-state index in [4.69, 9.17) is 9.47 Å². The van der Waals surface area contributed by atoms with Crippen LogP contribution in [0.1, 0.15) is 110 Å². The highest BCUT2D eigenvalue weighted by Crippen LogP contribution is 2.11. The maximum Gasteiger partial charge on any atom is 0.508 e. The van der Waals surface area contributed by atoms with Crippen LogP contribution < -0.4 is 0 Å². The number of ether oxygens (including phenoxy) is 2. The molecule has 0 aromatic rings. The molecule has 0 unspecified atom stereocenters.